The maximum Gasteiger partial charge on any atom is 0.410 e. The average molecular weight is 527 g/mol. The maximum absolute atomic E-state index is 14.5. The maximum atomic E-state index is 14.5. The standard InChI is InChI=1S/C24H29FN4O3.C6H14/c1-6-23-22(13-16(4)20-8-7-18(17(5)30)14-21(20)25)26-27-29(23)19-9-11-28(12-10-19)24(31)32-15(2)3;1-3-5-6-4-2/h6-8,13-15,19H,1,9-12H2,2-5H3;3-6H2,1-2H3/b16-13+;. The molecule has 0 saturated carbocycles. The summed E-state index contributed by atoms with van der Waals surface area (Å²) in [6.07, 6.45) is 9.99. The Morgan fingerprint density at radius 2 is 1.79 bits per heavy atom. The lowest BCUT2D eigenvalue weighted by Crippen LogP contribution is -2.40. The van der Waals surface area contributed by atoms with Crippen molar-refractivity contribution in [2.45, 2.75) is 92.2 Å². The number of hydrogen-bond acceptors (Lipinski definition) is 5. The molecule has 1 aromatic carbocycles. The predicted molar refractivity (Wildman–Crippen MR) is 151 cm³/mol. The van der Waals surface area contributed by atoms with Crippen LogP contribution in [0.15, 0.2) is 24.8 Å². The van der Waals surface area contributed by atoms with E-state index in [4.69, 9.17) is 4.74 Å². The number of Topliss-reactive ketones (excluding diaryl/α,β-unsaturated/α-hetero) is 1. The largest absolute Gasteiger partial charge is 0.447 e. The number of allylic oxidation sites excluding steroid dienone is 1. The molecule has 1 saturated heterocycles. The lowest BCUT2D eigenvalue weighted by molar-refractivity contribution is 0.0651. The third kappa shape index (κ3) is 8.64. The molecular formula is C30H43FN4O3. The van der Waals surface area contributed by atoms with Gasteiger partial charge in [0.1, 0.15) is 11.5 Å². The number of ether oxygens (including phenoxy) is 1. The molecule has 1 fully saturated rings. The Hall–Kier alpha value is -3.29. The van der Waals surface area contributed by atoms with Gasteiger partial charge in [-0.2, -0.15) is 0 Å². The Kier molecular flexibility index (Phi) is 12.4. The summed E-state index contributed by atoms with van der Waals surface area (Å²) in [6, 6.07) is 4.54. The lowest BCUT2D eigenvalue weighted by Gasteiger charge is -2.32. The van der Waals surface area contributed by atoms with E-state index in [9.17, 15) is 14.0 Å². The number of unbranched alkanes of at least 4 members (excludes halogenated alkanes) is 3. The lowest BCUT2D eigenvalue weighted by atomic mass is 10.0. The molecule has 7 nitrogen and oxygen atoms in total. The number of nitrogens with zero attached hydrogens (tertiary/aromatic N) is 4. The van der Waals surface area contributed by atoms with Crippen molar-refractivity contribution in [2.24, 2.45) is 0 Å². The average Bonchev–Trinajstić information content (AvgIpc) is 3.29. The molecule has 1 aliphatic heterocycles. The van der Waals surface area contributed by atoms with Crippen LogP contribution in [0.2, 0.25) is 0 Å². The quantitative estimate of drug-likeness (QED) is 0.248. The normalized spacial score (nSPS) is 14.2. The molecule has 0 spiro atoms. The van der Waals surface area contributed by atoms with Crippen LogP contribution in [0.1, 0.15) is 113 Å². The summed E-state index contributed by atoms with van der Waals surface area (Å²) in [5.74, 6) is -0.642. The summed E-state index contributed by atoms with van der Waals surface area (Å²) in [4.78, 5) is 25.3. The highest BCUT2D eigenvalue weighted by Gasteiger charge is 2.27. The van der Waals surface area contributed by atoms with Gasteiger partial charge in [-0.05, 0) is 64.3 Å². The second-order valence-electron chi connectivity index (χ2n) is 9.94. The molecule has 0 atom stereocenters. The third-order valence-corrected chi connectivity index (χ3v) is 6.47. The number of likely N-dealkylation sites (tertiary alicyclic amines) is 1. The van der Waals surface area contributed by atoms with Gasteiger partial charge in [0, 0.05) is 24.2 Å². The number of benzene rings is 1. The Morgan fingerprint density at radius 1 is 1.16 bits per heavy atom. The van der Waals surface area contributed by atoms with Gasteiger partial charge in [0.05, 0.1) is 17.8 Å². The van der Waals surface area contributed by atoms with Crippen LogP contribution >= 0.6 is 0 Å². The van der Waals surface area contributed by atoms with Crippen LogP contribution in [0.5, 0.6) is 0 Å². The van der Waals surface area contributed by atoms with E-state index < -0.39 is 5.82 Å². The summed E-state index contributed by atoms with van der Waals surface area (Å²) in [5.41, 5.74) is 2.73. The Bertz CT molecular complexity index is 1110. The van der Waals surface area contributed by atoms with Crippen molar-refractivity contribution in [3.63, 3.8) is 0 Å². The minimum atomic E-state index is -0.459. The monoisotopic (exact) mass is 526 g/mol. The van der Waals surface area contributed by atoms with Gasteiger partial charge in [0.2, 0.25) is 0 Å². The second-order valence-corrected chi connectivity index (χ2v) is 9.94. The Morgan fingerprint density at radius 3 is 2.29 bits per heavy atom. The van der Waals surface area contributed by atoms with Gasteiger partial charge in [-0.25, -0.2) is 13.9 Å². The summed E-state index contributed by atoms with van der Waals surface area (Å²) >= 11 is 0. The van der Waals surface area contributed by atoms with Crippen molar-refractivity contribution in [1.29, 1.82) is 0 Å². The first kappa shape index (κ1) is 30.9. The molecule has 0 N–H and O–H groups in total. The van der Waals surface area contributed by atoms with Crippen LogP contribution < -0.4 is 0 Å². The highest BCUT2D eigenvalue weighted by molar-refractivity contribution is 5.94. The van der Waals surface area contributed by atoms with E-state index in [2.05, 4.69) is 30.7 Å². The molecule has 8 heteroatoms. The van der Waals surface area contributed by atoms with Gasteiger partial charge in [-0.15, -0.1) is 5.10 Å². The van der Waals surface area contributed by atoms with Gasteiger partial charge < -0.3 is 9.64 Å². The van der Waals surface area contributed by atoms with Crippen molar-refractivity contribution < 1.29 is 18.7 Å². The number of carbonyl (C=O) groups is 2. The number of hydrogen-bond donors (Lipinski definition) is 0. The van der Waals surface area contributed by atoms with Crippen molar-refractivity contribution in [1.82, 2.24) is 19.9 Å². The van der Waals surface area contributed by atoms with E-state index in [0.29, 0.717) is 35.5 Å². The van der Waals surface area contributed by atoms with Gasteiger partial charge in [0.15, 0.2) is 5.78 Å². The zero-order valence-electron chi connectivity index (χ0n) is 23.8. The van der Waals surface area contributed by atoms with Crippen LogP contribution in [0.4, 0.5) is 9.18 Å². The number of amides is 1. The first-order valence-corrected chi connectivity index (χ1v) is 13.6. The summed E-state index contributed by atoms with van der Waals surface area (Å²) in [6.45, 7) is 16.4. The molecule has 0 bridgehead atoms. The molecule has 1 amide bonds. The molecule has 38 heavy (non-hydrogen) atoms. The predicted octanol–water partition coefficient (Wildman–Crippen LogP) is 7.59. The van der Waals surface area contributed by atoms with E-state index in [1.807, 2.05) is 18.5 Å². The SMILES string of the molecule is C=Cc1c(/C=C(\C)c2ccc(C(C)=O)cc2F)nnn1C1CCN(C(=O)OC(C)C)CC1.CCCCCC. The number of rotatable bonds is 9. The van der Waals surface area contributed by atoms with Crippen molar-refractivity contribution in [2.75, 3.05) is 13.1 Å². The van der Waals surface area contributed by atoms with E-state index in [1.165, 1.54) is 38.7 Å². The summed E-state index contributed by atoms with van der Waals surface area (Å²) in [7, 11) is 0. The smallest absolute Gasteiger partial charge is 0.410 e. The zero-order chi connectivity index (χ0) is 28.2. The fraction of sp³-hybridized carbons (Fsp3) is 0.533. The Balaban J connectivity index is 0.000000757. The van der Waals surface area contributed by atoms with Gasteiger partial charge in [-0.1, -0.05) is 63.5 Å². The fourth-order valence-electron chi connectivity index (χ4n) is 4.29. The van der Waals surface area contributed by atoms with E-state index >= 15 is 0 Å². The van der Waals surface area contributed by atoms with Gasteiger partial charge in [0.25, 0.3) is 0 Å². The molecule has 3 rings (SSSR count). The number of ketones is 1. The van der Waals surface area contributed by atoms with Crippen molar-refractivity contribution in [3.8, 4) is 0 Å². The molecule has 0 aliphatic carbocycles. The number of carbonyl (C=O) groups excluding carboxylic acids is 2. The molecule has 0 unspecified atom stereocenters. The minimum Gasteiger partial charge on any atom is -0.447 e. The van der Waals surface area contributed by atoms with Crippen molar-refractivity contribution >= 4 is 29.6 Å². The van der Waals surface area contributed by atoms with E-state index in [-0.39, 0.29) is 24.0 Å². The molecular weight excluding hydrogens is 483 g/mol. The third-order valence-electron chi connectivity index (χ3n) is 6.47. The molecule has 208 valence electrons. The number of halogens is 1. The first-order chi connectivity index (χ1) is 18.1. The molecule has 2 aromatic rings. The fourth-order valence-corrected chi connectivity index (χ4v) is 4.29. The van der Waals surface area contributed by atoms with E-state index in [1.54, 1.807) is 36.1 Å². The minimum absolute atomic E-state index is 0.0765. The molecule has 1 aromatic heterocycles. The zero-order valence-corrected chi connectivity index (χ0v) is 23.8. The van der Waals surface area contributed by atoms with Crippen LogP contribution in [-0.4, -0.2) is 51.0 Å². The van der Waals surface area contributed by atoms with Gasteiger partial charge >= 0.3 is 6.09 Å². The van der Waals surface area contributed by atoms with Crippen LogP contribution in [0.3, 0.4) is 0 Å². The van der Waals surface area contributed by atoms with Crippen LogP contribution in [0.25, 0.3) is 17.7 Å². The molecule has 2 heterocycles. The number of piperidine rings is 1. The van der Waals surface area contributed by atoms with Crippen LogP contribution in [0, 0.1) is 5.82 Å². The summed E-state index contributed by atoms with van der Waals surface area (Å²) < 4.78 is 21.6. The Labute approximate surface area is 226 Å². The summed E-state index contributed by atoms with van der Waals surface area (Å²) in [5, 5.41) is 8.59. The molecule has 1 aliphatic rings. The van der Waals surface area contributed by atoms with Crippen LogP contribution in [-0.2, 0) is 4.74 Å². The first-order valence-electron chi connectivity index (χ1n) is 13.6. The second kappa shape index (κ2) is 15.2. The number of aromatic nitrogens is 3. The van der Waals surface area contributed by atoms with E-state index in [0.717, 1.165) is 18.5 Å². The highest BCUT2D eigenvalue weighted by Crippen LogP contribution is 2.27. The topological polar surface area (TPSA) is 77.3 Å². The van der Waals surface area contributed by atoms with Gasteiger partial charge in [-0.3, -0.25) is 4.79 Å². The van der Waals surface area contributed by atoms with Crippen molar-refractivity contribution in [3.05, 3.63) is 53.1 Å². The highest BCUT2D eigenvalue weighted by atomic mass is 19.1. The molecule has 0 radical (unpaired) electrons.